The summed E-state index contributed by atoms with van der Waals surface area (Å²) in [6.07, 6.45) is 8.65. The highest BCUT2D eigenvalue weighted by Gasteiger charge is 2.31. The van der Waals surface area contributed by atoms with E-state index in [1.54, 1.807) is 29.6 Å². The molecule has 44 heavy (non-hydrogen) atoms. The van der Waals surface area contributed by atoms with E-state index in [2.05, 4.69) is 26.4 Å². The Morgan fingerprint density at radius 1 is 1.07 bits per heavy atom. The molecule has 2 aromatic heterocycles. The molecule has 250 valence electrons. The van der Waals surface area contributed by atoms with E-state index in [1.165, 1.54) is 44.9 Å². The molecule has 0 bridgehead atoms. The van der Waals surface area contributed by atoms with Crippen molar-refractivity contribution in [2.45, 2.75) is 116 Å². The molecular formula is C29H49F3N5O4PSSi. The quantitative estimate of drug-likeness (QED) is 0.0555. The number of ether oxygens (including phenoxy) is 1. The summed E-state index contributed by atoms with van der Waals surface area (Å²) in [6, 6.07) is 0.181. The van der Waals surface area contributed by atoms with Gasteiger partial charge in [0.05, 0.1) is 25.6 Å². The van der Waals surface area contributed by atoms with E-state index in [0.717, 1.165) is 31.4 Å². The minimum absolute atomic E-state index is 0.181. The number of nitrogen functional groups attached to an aromatic ring is 1. The number of hydrogen-bond donors (Lipinski definition) is 2. The van der Waals surface area contributed by atoms with E-state index in [0.29, 0.717) is 29.3 Å². The van der Waals surface area contributed by atoms with Crippen LogP contribution in [-0.2, 0) is 20.4 Å². The second-order valence-corrected chi connectivity index (χ2v) is 19.3. The van der Waals surface area contributed by atoms with Gasteiger partial charge in [0.15, 0.2) is 11.5 Å². The van der Waals surface area contributed by atoms with Crippen molar-refractivity contribution in [1.82, 2.24) is 19.5 Å². The first-order valence-electron chi connectivity index (χ1n) is 15.4. The Hall–Kier alpha value is -1.62. The molecule has 1 unspecified atom stereocenters. The van der Waals surface area contributed by atoms with Gasteiger partial charge in [-0.2, -0.15) is 24.9 Å². The molecule has 0 aliphatic heterocycles. The number of aromatic nitrogens is 4. The van der Waals surface area contributed by atoms with Crippen molar-refractivity contribution >= 4 is 44.4 Å². The predicted molar refractivity (Wildman–Crippen MR) is 175 cm³/mol. The van der Waals surface area contributed by atoms with Gasteiger partial charge in [0.25, 0.3) is 0 Å². The molecule has 2 heterocycles. The van der Waals surface area contributed by atoms with Crippen LogP contribution in [0.5, 0.6) is 0 Å². The van der Waals surface area contributed by atoms with Crippen molar-refractivity contribution in [3.63, 3.8) is 0 Å². The van der Waals surface area contributed by atoms with Crippen molar-refractivity contribution in [1.29, 1.82) is 0 Å². The Morgan fingerprint density at radius 2 is 1.73 bits per heavy atom. The maximum atomic E-state index is 12.4. The van der Waals surface area contributed by atoms with Gasteiger partial charge in [-0.05, 0) is 31.6 Å². The van der Waals surface area contributed by atoms with Crippen molar-refractivity contribution < 1.29 is 31.9 Å². The predicted octanol–water partition coefficient (Wildman–Crippen LogP) is 7.81. The first-order chi connectivity index (χ1) is 20.8. The number of nitrogens with zero attached hydrogens (tertiary/aromatic N) is 4. The van der Waals surface area contributed by atoms with Crippen molar-refractivity contribution in [3.8, 4) is 11.5 Å². The van der Waals surface area contributed by atoms with Crippen LogP contribution in [0.3, 0.4) is 0 Å². The number of fused-ring (bicyclic) bond motifs is 1. The third-order valence-electron chi connectivity index (χ3n) is 6.98. The Labute approximate surface area is 265 Å². The van der Waals surface area contributed by atoms with Gasteiger partial charge in [0.1, 0.15) is 26.3 Å². The van der Waals surface area contributed by atoms with Gasteiger partial charge in [0, 0.05) is 18.6 Å². The largest absolute Gasteiger partial charge is 0.388 e. The van der Waals surface area contributed by atoms with E-state index in [9.17, 15) is 22.6 Å². The summed E-state index contributed by atoms with van der Waals surface area (Å²) in [5.74, 6) is 5.07. The highest BCUT2D eigenvalue weighted by Crippen LogP contribution is 2.42. The van der Waals surface area contributed by atoms with Gasteiger partial charge in [-0.1, -0.05) is 58.0 Å². The molecule has 2 atom stereocenters. The van der Waals surface area contributed by atoms with Crippen LogP contribution in [-0.4, -0.2) is 69.2 Å². The molecule has 0 radical (unpaired) electrons. The number of nitrogens with two attached hydrogens (primary N) is 1. The average Bonchev–Trinajstić information content (AvgIpc) is 3.36. The van der Waals surface area contributed by atoms with E-state index < -0.39 is 28.3 Å². The number of rotatable bonds is 22. The zero-order chi connectivity index (χ0) is 32.5. The van der Waals surface area contributed by atoms with Crippen molar-refractivity contribution in [2.24, 2.45) is 0 Å². The van der Waals surface area contributed by atoms with Crippen LogP contribution in [0, 0.1) is 11.5 Å². The van der Waals surface area contributed by atoms with Gasteiger partial charge in [-0.15, -0.1) is 11.5 Å². The molecule has 3 N–H and O–H groups in total. The lowest BCUT2D eigenvalue weighted by atomic mass is 10.1. The molecule has 0 saturated heterocycles. The lowest BCUT2D eigenvalue weighted by Gasteiger charge is -2.17. The summed E-state index contributed by atoms with van der Waals surface area (Å²) >= 11 is 1.72. The molecule has 0 saturated carbocycles. The summed E-state index contributed by atoms with van der Waals surface area (Å²) in [6.45, 7) is 6.21. The number of hydrogen-bond acceptors (Lipinski definition) is 8. The van der Waals surface area contributed by atoms with Crippen LogP contribution < -0.4 is 5.73 Å². The van der Waals surface area contributed by atoms with Gasteiger partial charge < -0.3 is 24.5 Å². The standard InChI is InChI=1S/C29H49F3N5O4PSSi/c1-25(21-37-23-36-26-27(33)34-22-35-28(26)37)40-24-42(38,39)41-16-18-43-17-13-11-9-7-5-4-6-8-10-12-14-19-44(2,3)20-15-29(30,31)32/h22-23,25H,4-13,15-18,20-21,24H2,1-3H3,(H,38,39)(H2,33,34,35)/t25-/m1/s1. The highest BCUT2D eigenvalue weighted by atomic mass is 32.2. The van der Waals surface area contributed by atoms with Crippen LogP contribution >= 0.6 is 19.4 Å². The number of halogens is 3. The van der Waals surface area contributed by atoms with Crippen molar-refractivity contribution in [3.05, 3.63) is 12.7 Å². The van der Waals surface area contributed by atoms with E-state index in [-0.39, 0.29) is 25.1 Å². The second kappa shape index (κ2) is 19.8. The van der Waals surface area contributed by atoms with Crippen molar-refractivity contribution in [2.75, 3.05) is 30.2 Å². The fraction of sp³-hybridized carbons (Fsp3) is 0.759. The average molecular weight is 680 g/mol. The molecular weight excluding hydrogens is 630 g/mol. The minimum atomic E-state index is -4.08. The minimum Gasteiger partial charge on any atom is -0.382 e. The van der Waals surface area contributed by atoms with E-state index in [4.69, 9.17) is 15.0 Å². The zero-order valence-electron chi connectivity index (χ0n) is 26.3. The van der Waals surface area contributed by atoms with Crippen LogP contribution in [0.4, 0.5) is 19.0 Å². The number of anilines is 1. The second-order valence-electron chi connectivity index (χ2n) is 11.8. The van der Waals surface area contributed by atoms with Crippen LogP contribution in [0.25, 0.3) is 11.2 Å². The smallest absolute Gasteiger partial charge is 0.382 e. The van der Waals surface area contributed by atoms with E-state index >= 15 is 0 Å². The molecule has 0 amide bonds. The third kappa shape index (κ3) is 17.2. The SMILES string of the molecule is C[C@H](Cn1cnc2c(N)ncnc21)OCP(=O)(O)OCCSCCCCCCCCCCCC#C[Si](C)(C)CCC(F)(F)F. The van der Waals surface area contributed by atoms with Crippen LogP contribution in [0.15, 0.2) is 12.7 Å². The molecule has 0 fully saturated rings. The molecule has 0 spiro atoms. The van der Waals surface area contributed by atoms with Gasteiger partial charge in [0.2, 0.25) is 0 Å². The summed E-state index contributed by atoms with van der Waals surface area (Å²) in [5.41, 5.74) is 10.0. The third-order valence-corrected chi connectivity index (χ3v) is 11.4. The maximum Gasteiger partial charge on any atom is 0.388 e. The first kappa shape index (κ1) is 38.6. The van der Waals surface area contributed by atoms with Gasteiger partial charge in [-0.25, -0.2) is 15.0 Å². The molecule has 0 aliphatic rings. The molecule has 9 nitrogen and oxygen atoms in total. The zero-order valence-corrected chi connectivity index (χ0v) is 29.0. The number of unbranched alkanes of at least 4 members (excludes halogenated alkanes) is 9. The Bertz CT molecular complexity index is 1230. The van der Waals surface area contributed by atoms with Crippen LogP contribution in [0.2, 0.25) is 19.1 Å². The van der Waals surface area contributed by atoms with Gasteiger partial charge >= 0.3 is 13.8 Å². The van der Waals surface area contributed by atoms with Crippen LogP contribution in [0.1, 0.15) is 77.6 Å². The molecule has 0 aliphatic carbocycles. The fourth-order valence-corrected chi connectivity index (χ4v) is 7.90. The normalized spacial score (nSPS) is 14.3. The fourth-order valence-electron chi connectivity index (χ4n) is 4.44. The monoisotopic (exact) mass is 679 g/mol. The van der Waals surface area contributed by atoms with Gasteiger partial charge in [-0.3, -0.25) is 4.57 Å². The maximum absolute atomic E-state index is 12.4. The molecule has 0 aromatic carbocycles. The summed E-state index contributed by atoms with van der Waals surface area (Å²) in [5, 5.41) is 0. The lowest BCUT2D eigenvalue weighted by molar-refractivity contribution is -0.130. The number of alkyl halides is 3. The highest BCUT2D eigenvalue weighted by molar-refractivity contribution is 7.99. The lowest BCUT2D eigenvalue weighted by Crippen LogP contribution is -2.26. The summed E-state index contributed by atoms with van der Waals surface area (Å²) in [7, 11) is -5.91. The molecule has 2 rings (SSSR count). The Balaban J connectivity index is 1.39. The Kier molecular flexibility index (Phi) is 17.3. The van der Waals surface area contributed by atoms with E-state index in [1.807, 2.05) is 13.1 Å². The summed E-state index contributed by atoms with van der Waals surface area (Å²) < 4.78 is 62.1. The molecule has 15 heteroatoms. The number of imidazole rings is 1. The number of thioether (sulfide) groups is 1. The summed E-state index contributed by atoms with van der Waals surface area (Å²) in [4.78, 5) is 22.4. The first-order valence-corrected chi connectivity index (χ1v) is 21.5. The topological polar surface area (TPSA) is 125 Å². The Morgan fingerprint density at radius 3 is 2.41 bits per heavy atom. The molecule has 2 aromatic rings.